The highest BCUT2D eigenvalue weighted by atomic mass is 16.6. The molecular formula is C16H21NO3. The Labute approximate surface area is 119 Å². The monoisotopic (exact) mass is 275 g/mol. The van der Waals surface area contributed by atoms with E-state index < -0.39 is 6.09 Å². The number of carbonyl (C=O) groups excluding carboxylic acids is 2. The molecule has 108 valence electrons. The molecule has 0 bridgehead atoms. The lowest BCUT2D eigenvalue weighted by molar-refractivity contribution is -0.127. The van der Waals surface area contributed by atoms with Gasteiger partial charge in [-0.1, -0.05) is 36.2 Å². The van der Waals surface area contributed by atoms with E-state index in [9.17, 15) is 9.59 Å². The van der Waals surface area contributed by atoms with E-state index in [0.29, 0.717) is 19.6 Å². The fourth-order valence-electron chi connectivity index (χ4n) is 2.29. The highest BCUT2D eigenvalue weighted by molar-refractivity contribution is 5.92. The van der Waals surface area contributed by atoms with Crippen molar-refractivity contribution in [3.05, 3.63) is 35.4 Å². The van der Waals surface area contributed by atoms with Crippen molar-refractivity contribution in [1.29, 1.82) is 0 Å². The Morgan fingerprint density at radius 1 is 1.20 bits per heavy atom. The molecule has 1 saturated heterocycles. The third-order valence-electron chi connectivity index (χ3n) is 3.54. The number of carbonyl (C=O) groups is 2. The van der Waals surface area contributed by atoms with Gasteiger partial charge in [-0.3, -0.25) is 4.79 Å². The molecule has 0 spiro atoms. The molecule has 0 radical (unpaired) electrons. The van der Waals surface area contributed by atoms with E-state index in [4.69, 9.17) is 4.74 Å². The lowest BCUT2D eigenvalue weighted by Gasteiger charge is -2.10. The molecule has 0 unspecified atom stereocenters. The molecule has 1 aromatic carbocycles. The minimum atomic E-state index is -0.491. The number of unbranched alkanes of at least 4 members (excludes halogenated alkanes) is 2. The van der Waals surface area contributed by atoms with Crippen molar-refractivity contribution in [3.63, 3.8) is 0 Å². The van der Waals surface area contributed by atoms with Gasteiger partial charge in [-0.05, 0) is 31.7 Å². The molecule has 1 fully saturated rings. The summed E-state index contributed by atoms with van der Waals surface area (Å²) in [6.07, 6.45) is 3.88. The maximum Gasteiger partial charge on any atom is 0.416 e. The number of hydrogen-bond acceptors (Lipinski definition) is 3. The zero-order chi connectivity index (χ0) is 14.4. The lowest BCUT2D eigenvalue weighted by atomic mass is 10.0. The van der Waals surface area contributed by atoms with Gasteiger partial charge >= 0.3 is 6.09 Å². The van der Waals surface area contributed by atoms with Crippen molar-refractivity contribution >= 4 is 12.0 Å². The lowest BCUT2D eigenvalue weighted by Crippen LogP contribution is -2.31. The SMILES string of the molecule is Cc1ccc(CCCCCC(=O)N2CCOC2=O)cc1. The summed E-state index contributed by atoms with van der Waals surface area (Å²) in [5, 5.41) is 0. The van der Waals surface area contributed by atoms with Gasteiger partial charge in [-0.15, -0.1) is 0 Å². The summed E-state index contributed by atoms with van der Waals surface area (Å²) in [5.74, 6) is -0.108. The van der Waals surface area contributed by atoms with E-state index in [2.05, 4.69) is 31.2 Å². The van der Waals surface area contributed by atoms with E-state index in [1.165, 1.54) is 16.0 Å². The first-order chi connectivity index (χ1) is 9.66. The summed E-state index contributed by atoms with van der Waals surface area (Å²) in [4.78, 5) is 24.2. The standard InChI is InChI=1S/C16H21NO3/c1-13-7-9-14(10-8-13)5-3-2-4-6-15(18)17-11-12-20-16(17)19/h7-10H,2-6,11-12H2,1H3. The maximum atomic E-state index is 11.8. The van der Waals surface area contributed by atoms with Crippen molar-refractivity contribution in [1.82, 2.24) is 4.90 Å². The van der Waals surface area contributed by atoms with Crippen molar-refractivity contribution in [2.45, 2.75) is 39.0 Å². The van der Waals surface area contributed by atoms with Crippen LogP contribution in [-0.2, 0) is 16.0 Å². The highest BCUT2D eigenvalue weighted by Gasteiger charge is 2.27. The fourth-order valence-corrected chi connectivity index (χ4v) is 2.29. The Bertz CT molecular complexity index is 467. The number of benzene rings is 1. The molecule has 1 aromatic rings. The van der Waals surface area contributed by atoms with Crippen molar-refractivity contribution in [3.8, 4) is 0 Å². The Morgan fingerprint density at radius 3 is 2.60 bits per heavy atom. The predicted molar refractivity (Wildman–Crippen MR) is 76.4 cm³/mol. The second-order valence-corrected chi connectivity index (χ2v) is 5.21. The first-order valence-corrected chi connectivity index (χ1v) is 7.19. The largest absolute Gasteiger partial charge is 0.447 e. The maximum absolute atomic E-state index is 11.8. The van der Waals surface area contributed by atoms with Crippen LogP contribution in [0, 0.1) is 6.92 Å². The van der Waals surface area contributed by atoms with Gasteiger partial charge in [0.25, 0.3) is 0 Å². The van der Waals surface area contributed by atoms with Crippen LogP contribution in [0.25, 0.3) is 0 Å². The topological polar surface area (TPSA) is 46.6 Å². The molecule has 0 N–H and O–H groups in total. The van der Waals surface area contributed by atoms with E-state index in [0.717, 1.165) is 25.7 Å². The average Bonchev–Trinajstić information content (AvgIpc) is 2.86. The number of rotatable bonds is 6. The average molecular weight is 275 g/mol. The molecule has 0 aromatic heterocycles. The normalized spacial score (nSPS) is 14.4. The number of cyclic esters (lactones) is 1. The zero-order valence-electron chi connectivity index (χ0n) is 11.9. The Balaban J connectivity index is 1.60. The molecule has 1 aliphatic rings. The second-order valence-electron chi connectivity index (χ2n) is 5.21. The molecule has 2 rings (SSSR count). The summed E-state index contributed by atoms with van der Waals surface area (Å²) >= 11 is 0. The van der Waals surface area contributed by atoms with Crippen LogP contribution in [-0.4, -0.2) is 30.1 Å². The van der Waals surface area contributed by atoms with Crippen LogP contribution in [0.3, 0.4) is 0 Å². The number of amides is 2. The van der Waals surface area contributed by atoms with Gasteiger partial charge < -0.3 is 4.74 Å². The first kappa shape index (κ1) is 14.6. The van der Waals surface area contributed by atoms with E-state index in [1.54, 1.807) is 0 Å². The Hall–Kier alpha value is -1.84. The van der Waals surface area contributed by atoms with Gasteiger partial charge in [0, 0.05) is 6.42 Å². The van der Waals surface area contributed by atoms with Gasteiger partial charge in [0.15, 0.2) is 0 Å². The summed E-state index contributed by atoms with van der Waals surface area (Å²) in [6.45, 7) is 2.82. The van der Waals surface area contributed by atoms with Gasteiger partial charge in [0.05, 0.1) is 6.54 Å². The molecule has 1 heterocycles. The molecule has 4 nitrogen and oxygen atoms in total. The van der Waals surface area contributed by atoms with Crippen LogP contribution in [0.15, 0.2) is 24.3 Å². The molecule has 20 heavy (non-hydrogen) atoms. The van der Waals surface area contributed by atoms with Gasteiger partial charge in [-0.2, -0.15) is 0 Å². The molecule has 4 heteroatoms. The van der Waals surface area contributed by atoms with E-state index >= 15 is 0 Å². The van der Waals surface area contributed by atoms with Gasteiger partial charge in [-0.25, -0.2) is 9.69 Å². The molecule has 0 saturated carbocycles. The zero-order valence-corrected chi connectivity index (χ0v) is 11.9. The van der Waals surface area contributed by atoms with Crippen LogP contribution >= 0.6 is 0 Å². The van der Waals surface area contributed by atoms with Crippen molar-refractivity contribution < 1.29 is 14.3 Å². The summed E-state index contributed by atoms with van der Waals surface area (Å²) in [7, 11) is 0. The predicted octanol–water partition coefficient (Wildman–Crippen LogP) is 3.08. The van der Waals surface area contributed by atoms with E-state index in [-0.39, 0.29) is 5.91 Å². The minimum Gasteiger partial charge on any atom is -0.447 e. The van der Waals surface area contributed by atoms with Gasteiger partial charge in [0.1, 0.15) is 6.61 Å². The van der Waals surface area contributed by atoms with Gasteiger partial charge in [0.2, 0.25) is 5.91 Å². The number of nitrogens with zero attached hydrogens (tertiary/aromatic N) is 1. The number of aryl methyl sites for hydroxylation is 2. The van der Waals surface area contributed by atoms with Crippen molar-refractivity contribution in [2.75, 3.05) is 13.2 Å². The quantitative estimate of drug-likeness (QED) is 0.749. The summed E-state index contributed by atoms with van der Waals surface area (Å²) in [5.41, 5.74) is 2.61. The van der Waals surface area contributed by atoms with Crippen molar-refractivity contribution in [2.24, 2.45) is 0 Å². The van der Waals surface area contributed by atoms with Crippen LogP contribution in [0.4, 0.5) is 4.79 Å². The highest BCUT2D eigenvalue weighted by Crippen LogP contribution is 2.11. The molecule has 1 aliphatic heterocycles. The fraction of sp³-hybridized carbons (Fsp3) is 0.500. The van der Waals surface area contributed by atoms with E-state index in [1.807, 2.05) is 0 Å². The smallest absolute Gasteiger partial charge is 0.416 e. The molecule has 0 aliphatic carbocycles. The number of imide groups is 1. The third kappa shape index (κ3) is 4.08. The Morgan fingerprint density at radius 2 is 1.95 bits per heavy atom. The summed E-state index contributed by atoms with van der Waals surface area (Å²) in [6, 6.07) is 8.55. The first-order valence-electron chi connectivity index (χ1n) is 7.19. The van der Waals surface area contributed by atoms with Crippen LogP contribution in [0.1, 0.15) is 36.8 Å². The number of hydrogen-bond donors (Lipinski definition) is 0. The van der Waals surface area contributed by atoms with Crippen LogP contribution in [0.2, 0.25) is 0 Å². The second kappa shape index (κ2) is 7.08. The number of ether oxygens (including phenoxy) is 1. The molecule has 2 amide bonds. The molecular weight excluding hydrogens is 254 g/mol. The summed E-state index contributed by atoms with van der Waals surface area (Å²) < 4.78 is 4.75. The Kier molecular flexibility index (Phi) is 5.16. The molecule has 0 atom stereocenters. The third-order valence-corrected chi connectivity index (χ3v) is 3.54. The minimum absolute atomic E-state index is 0.108. The van der Waals surface area contributed by atoms with Crippen LogP contribution < -0.4 is 0 Å². The van der Waals surface area contributed by atoms with Crippen LogP contribution in [0.5, 0.6) is 0 Å².